The fourth-order valence-electron chi connectivity index (χ4n) is 3.36. The molecule has 1 aromatic heterocycles. The number of rotatable bonds is 5. The number of aryl methyl sites for hydroxylation is 1. The van der Waals surface area contributed by atoms with Gasteiger partial charge in [-0.3, -0.25) is 5.10 Å². The Kier molecular flexibility index (Phi) is 5.46. The molecular formula is C20H22N4O4S. The van der Waals surface area contributed by atoms with Crippen LogP contribution in [0.1, 0.15) is 5.56 Å². The van der Waals surface area contributed by atoms with E-state index in [1.54, 1.807) is 25.1 Å². The largest absolute Gasteiger partial charge is 0.395 e. The van der Waals surface area contributed by atoms with Gasteiger partial charge in [-0.05, 0) is 18.6 Å². The number of aliphatic hydroxyl groups excluding tert-OH is 1. The topological polar surface area (TPSA) is 108 Å². The lowest BCUT2D eigenvalue weighted by Gasteiger charge is -2.33. The molecule has 29 heavy (non-hydrogen) atoms. The van der Waals surface area contributed by atoms with Crippen LogP contribution in [0.2, 0.25) is 0 Å². The van der Waals surface area contributed by atoms with E-state index in [-0.39, 0.29) is 24.7 Å². The van der Waals surface area contributed by atoms with Crippen molar-refractivity contribution < 1.29 is 18.3 Å². The summed E-state index contributed by atoms with van der Waals surface area (Å²) in [6.07, 6.45) is 0. The van der Waals surface area contributed by atoms with Crippen molar-refractivity contribution in [2.75, 3.05) is 26.4 Å². The first-order valence-corrected chi connectivity index (χ1v) is 10.7. The molecule has 0 saturated carbocycles. The Morgan fingerprint density at radius 2 is 2.00 bits per heavy atom. The molecule has 1 atom stereocenters. The van der Waals surface area contributed by atoms with Crippen molar-refractivity contribution in [1.82, 2.24) is 19.5 Å². The number of aliphatic hydroxyl groups is 1. The van der Waals surface area contributed by atoms with Crippen molar-refractivity contribution in [3.63, 3.8) is 0 Å². The standard InChI is InChI=1S/C20H22N4O4S/c1-14-7-8-16(20-21-19(22-23-20)15-5-3-2-4-6-15)11-18(14)29(26,27)24-9-10-28-13-17(24)12-25/h2-8,11,17,25H,9-10,12-13H2,1H3,(H,21,22,23). The zero-order valence-corrected chi connectivity index (χ0v) is 16.8. The van der Waals surface area contributed by atoms with Gasteiger partial charge in [0.1, 0.15) is 0 Å². The van der Waals surface area contributed by atoms with E-state index >= 15 is 0 Å². The van der Waals surface area contributed by atoms with Crippen molar-refractivity contribution in [3.8, 4) is 22.8 Å². The number of nitrogens with zero attached hydrogens (tertiary/aromatic N) is 3. The number of hydrogen-bond donors (Lipinski definition) is 2. The molecule has 2 N–H and O–H groups in total. The summed E-state index contributed by atoms with van der Waals surface area (Å²) in [5.41, 5.74) is 2.11. The third-order valence-electron chi connectivity index (χ3n) is 4.95. The second kappa shape index (κ2) is 8.03. The van der Waals surface area contributed by atoms with Crippen molar-refractivity contribution in [2.45, 2.75) is 17.9 Å². The number of sulfonamides is 1. The fourth-order valence-corrected chi connectivity index (χ4v) is 5.20. The Morgan fingerprint density at radius 3 is 2.76 bits per heavy atom. The second-order valence-electron chi connectivity index (χ2n) is 6.88. The van der Waals surface area contributed by atoms with E-state index in [1.807, 2.05) is 30.3 Å². The van der Waals surface area contributed by atoms with Gasteiger partial charge in [0, 0.05) is 17.7 Å². The number of morpholine rings is 1. The minimum absolute atomic E-state index is 0.176. The van der Waals surface area contributed by atoms with Crippen LogP contribution >= 0.6 is 0 Å². The zero-order chi connectivity index (χ0) is 20.4. The molecule has 8 nitrogen and oxygen atoms in total. The highest BCUT2D eigenvalue weighted by molar-refractivity contribution is 7.89. The normalized spacial score (nSPS) is 18.1. The number of benzene rings is 2. The average Bonchev–Trinajstić information content (AvgIpc) is 3.25. The van der Waals surface area contributed by atoms with Crippen LogP contribution in [-0.2, 0) is 14.8 Å². The molecule has 1 unspecified atom stereocenters. The number of aromatic nitrogens is 3. The van der Waals surface area contributed by atoms with Crippen LogP contribution in [0.4, 0.5) is 0 Å². The molecule has 1 aliphatic rings. The van der Waals surface area contributed by atoms with E-state index in [1.165, 1.54) is 4.31 Å². The Hall–Kier alpha value is -2.59. The van der Waals surface area contributed by atoms with Gasteiger partial charge in [0.25, 0.3) is 0 Å². The minimum atomic E-state index is -3.80. The van der Waals surface area contributed by atoms with Crippen LogP contribution < -0.4 is 0 Å². The van der Waals surface area contributed by atoms with Crippen LogP contribution in [0.15, 0.2) is 53.4 Å². The van der Waals surface area contributed by atoms with E-state index in [4.69, 9.17) is 4.74 Å². The van der Waals surface area contributed by atoms with Gasteiger partial charge in [-0.15, -0.1) is 0 Å². The average molecular weight is 414 g/mol. The summed E-state index contributed by atoms with van der Waals surface area (Å²) in [7, 11) is -3.80. The molecule has 3 aromatic rings. The molecule has 0 bridgehead atoms. The van der Waals surface area contributed by atoms with Crippen molar-refractivity contribution in [3.05, 3.63) is 54.1 Å². The summed E-state index contributed by atoms with van der Waals surface area (Å²) in [5.74, 6) is 1.03. The molecular weight excluding hydrogens is 392 g/mol. The van der Waals surface area contributed by atoms with Gasteiger partial charge >= 0.3 is 0 Å². The van der Waals surface area contributed by atoms with E-state index in [0.717, 1.165) is 5.56 Å². The highest BCUT2D eigenvalue weighted by Gasteiger charge is 2.34. The van der Waals surface area contributed by atoms with E-state index in [2.05, 4.69) is 15.2 Å². The Labute approximate surface area is 169 Å². The number of aromatic amines is 1. The molecule has 2 heterocycles. The molecule has 152 valence electrons. The molecule has 2 aromatic carbocycles. The van der Waals surface area contributed by atoms with Crippen LogP contribution in [-0.4, -0.2) is 65.4 Å². The maximum absolute atomic E-state index is 13.3. The Balaban J connectivity index is 1.71. The van der Waals surface area contributed by atoms with Gasteiger partial charge in [0.2, 0.25) is 10.0 Å². The molecule has 0 amide bonds. The summed E-state index contributed by atoms with van der Waals surface area (Å²) < 4.78 is 33.2. The van der Waals surface area contributed by atoms with Crippen LogP contribution in [0.3, 0.4) is 0 Å². The number of hydrogen-bond acceptors (Lipinski definition) is 6. The summed E-state index contributed by atoms with van der Waals surface area (Å²) in [4.78, 5) is 4.69. The molecule has 1 saturated heterocycles. The highest BCUT2D eigenvalue weighted by atomic mass is 32.2. The quantitative estimate of drug-likeness (QED) is 0.659. The zero-order valence-electron chi connectivity index (χ0n) is 15.9. The summed E-state index contributed by atoms with van der Waals surface area (Å²) in [6.45, 7) is 2.14. The lowest BCUT2D eigenvalue weighted by Crippen LogP contribution is -2.50. The molecule has 4 rings (SSSR count). The number of nitrogens with one attached hydrogen (secondary N) is 1. The van der Waals surface area contributed by atoms with Gasteiger partial charge < -0.3 is 9.84 Å². The molecule has 0 aliphatic carbocycles. The first kappa shape index (κ1) is 19.7. The van der Waals surface area contributed by atoms with E-state index < -0.39 is 16.1 Å². The predicted octanol–water partition coefficient (Wildman–Crippen LogP) is 1.83. The fraction of sp³-hybridized carbons (Fsp3) is 0.300. The molecule has 0 radical (unpaired) electrons. The molecule has 9 heteroatoms. The number of H-pyrrole nitrogens is 1. The molecule has 1 fully saturated rings. The SMILES string of the molecule is Cc1ccc(-c2n[nH]c(-c3ccccc3)n2)cc1S(=O)(=O)N1CCOCC1CO. The van der Waals surface area contributed by atoms with Gasteiger partial charge in [0.05, 0.1) is 30.8 Å². The van der Waals surface area contributed by atoms with Gasteiger partial charge in [-0.25, -0.2) is 13.4 Å². The highest BCUT2D eigenvalue weighted by Crippen LogP contribution is 2.28. The second-order valence-corrected chi connectivity index (χ2v) is 8.74. The van der Waals surface area contributed by atoms with Crippen LogP contribution in [0, 0.1) is 6.92 Å². The van der Waals surface area contributed by atoms with Gasteiger partial charge in [-0.1, -0.05) is 42.5 Å². The molecule has 0 spiro atoms. The van der Waals surface area contributed by atoms with Crippen molar-refractivity contribution in [1.29, 1.82) is 0 Å². The smallest absolute Gasteiger partial charge is 0.243 e. The maximum Gasteiger partial charge on any atom is 0.243 e. The first-order valence-electron chi connectivity index (χ1n) is 9.30. The van der Waals surface area contributed by atoms with Crippen LogP contribution in [0.5, 0.6) is 0 Å². The predicted molar refractivity (Wildman–Crippen MR) is 108 cm³/mol. The maximum atomic E-state index is 13.3. The summed E-state index contributed by atoms with van der Waals surface area (Å²) in [5, 5.41) is 16.7. The first-order chi connectivity index (χ1) is 14.0. The van der Waals surface area contributed by atoms with E-state index in [9.17, 15) is 13.5 Å². The van der Waals surface area contributed by atoms with Gasteiger partial charge in [0.15, 0.2) is 11.6 Å². The van der Waals surface area contributed by atoms with E-state index in [0.29, 0.717) is 29.4 Å². The van der Waals surface area contributed by atoms with Gasteiger partial charge in [-0.2, -0.15) is 9.40 Å². The number of ether oxygens (including phenoxy) is 1. The lowest BCUT2D eigenvalue weighted by atomic mass is 10.1. The minimum Gasteiger partial charge on any atom is -0.395 e. The summed E-state index contributed by atoms with van der Waals surface area (Å²) in [6, 6.07) is 14.1. The monoisotopic (exact) mass is 414 g/mol. The van der Waals surface area contributed by atoms with Crippen LogP contribution in [0.25, 0.3) is 22.8 Å². The third kappa shape index (κ3) is 3.82. The molecule has 1 aliphatic heterocycles. The lowest BCUT2D eigenvalue weighted by molar-refractivity contribution is 0.0109. The van der Waals surface area contributed by atoms with Crippen molar-refractivity contribution in [2.24, 2.45) is 0 Å². The summed E-state index contributed by atoms with van der Waals surface area (Å²) >= 11 is 0. The van der Waals surface area contributed by atoms with Crippen molar-refractivity contribution >= 4 is 10.0 Å². The Bertz CT molecular complexity index is 1100. The Morgan fingerprint density at radius 1 is 1.21 bits per heavy atom. The third-order valence-corrected chi connectivity index (χ3v) is 7.04.